The van der Waals surface area contributed by atoms with Crippen LogP contribution in [0.4, 0.5) is 8.78 Å². The average Bonchev–Trinajstić information content (AvgIpc) is 3.56. The van der Waals surface area contributed by atoms with Gasteiger partial charge in [-0.1, -0.05) is 66.7 Å². The third kappa shape index (κ3) is 4.73. The molecule has 6 aromatic carbocycles. The second kappa shape index (κ2) is 11.0. The Kier molecular flexibility index (Phi) is 6.49. The maximum Gasteiger partial charge on any atom is 0.135 e. The van der Waals surface area contributed by atoms with Crippen LogP contribution in [0.3, 0.4) is 0 Å². The Hall–Kier alpha value is -6.77. The summed E-state index contributed by atoms with van der Waals surface area (Å²) in [6.45, 7) is 0. The van der Waals surface area contributed by atoms with E-state index < -0.39 is 11.6 Å². The highest BCUT2D eigenvalue weighted by molar-refractivity contribution is 6.21. The van der Waals surface area contributed by atoms with Gasteiger partial charge in [-0.25, -0.2) is 13.8 Å². The number of rotatable bonds is 4. The number of hydrogen-bond donors (Lipinski definition) is 0. The van der Waals surface area contributed by atoms with Crippen LogP contribution in [0.25, 0.3) is 71.9 Å². The molecule has 0 aliphatic rings. The summed E-state index contributed by atoms with van der Waals surface area (Å²) in [6, 6.07) is 39.9. The summed E-state index contributed by atoms with van der Waals surface area (Å²) >= 11 is 0. The fourth-order valence-corrected chi connectivity index (χ4v) is 5.99. The zero-order valence-corrected chi connectivity index (χ0v) is 24.5. The molecule has 0 atom stereocenters. The summed E-state index contributed by atoms with van der Waals surface area (Å²) in [5, 5.41) is 30.6. The van der Waals surface area contributed by atoms with Crippen LogP contribution in [0.2, 0.25) is 0 Å². The van der Waals surface area contributed by atoms with Crippen molar-refractivity contribution in [1.82, 2.24) is 20.0 Å². The molecule has 8 rings (SSSR count). The minimum absolute atomic E-state index is 0.0805. The Morgan fingerprint density at radius 1 is 0.553 bits per heavy atom. The first kappa shape index (κ1) is 27.8. The third-order valence-electron chi connectivity index (χ3n) is 8.26. The van der Waals surface area contributed by atoms with E-state index in [2.05, 4.69) is 6.07 Å². The maximum atomic E-state index is 14.8. The number of para-hydroxylation sites is 1. The molecular weight excluding hydrogens is 590 g/mol. The van der Waals surface area contributed by atoms with E-state index in [9.17, 15) is 14.0 Å². The van der Waals surface area contributed by atoms with Crippen LogP contribution in [-0.4, -0.2) is 20.0 Å². The van der Waals surface area contributed by atoms with Gasteiger partial charge in [-0.15, -0.1) is 10.2 Å². The minimum atomic E-state index is -0.803. The number of pyridine rings is 1. The van der Waals surface area contributed by atoms with Gasteiger partial charge in [-0.2, -0.15) is 15.3 Å². The van der Waals surface area contributed by atoms with Crippen molar-refractivity contribution >= 4 is 32.7 Å². The lowest BCUT2D eigenvalue weighted by atomic mass is 9.95. The van der Waals surface area contributed by atoms with Gasteiger partial charge in [-0.3, -0.25) is 0 Å². The maximum absolute atomic E-state index is 14.8. The summed E-state index contributed by atoms with van der Waals surface area (Å²) in [5.74, 6) is -1.61. The first-order valence-corrected chi connectivity index (χ1v) is 14.7. The van der Waals surface area contributed by atoms with E-state index in [0.717, 1.165) is 61.7 Å². The minimum Gasteiger partial charge on any atom is -0.247 e. The highest BCUT2D eigenvalue weighted by Gasteiger charge is 2.19. The number of benzene rings is 6. The Balaban J connectivity index is 1.35. The number of fused-ring (bicyclic) bond motifs is 5. The monoisotopic (exact) mass is 610 g/mol. The molecule has 2 aromatic heterocycles. The Bertz CT molecular complexity index is 2570. The van der Waals surface area contributed by atoms with Crippen LogP contribution in [0.15, 0.2) is 121 Å². The molecule has 0 unspecified atom stereocenters. The zero-order chi connectivity index (χ0) is 32.1. The van der Waals surface area contributed by atoms with Crippen LogP contribution in [-0.2, 0) is 0 Å². The second-order valence-electron chi connectivity index (χ2n) is 11.1. The predicted molar refractivity (Wildman–Crippen MR) is 177 cm³/mol. The topological polar surface area (TPSA) is 91.2 Å². The van der Waals surface area contributed by atoms with Crippen LogP contribution in [0.1, 0.15) is 11.1 Å². The van der Waals surface area contributed by atoms with Gasteiger partial charge in [0.1, 0.15) is 22.7 Å². The fraction of sp³-hybridized carbons (Fsp3) is 0. The smallest absolute Gasteiger partial charge is 0.135 e. The zero-order valence-electron chi connectivity index (χ0n) is 24.5. The molecule has 2 heterocycles. The van der Waals surface area contributed by atoms with Gasteiger partial charge in [0.2, 0.25) is 0 Å². The van der Waals surface area contributed by atoms with Crippen molar-refractivity contribution in [2.24, 2.45) is 0 Å². The van der Waals surface area contributed by atoms with Gasteiger partial charge in [0.25, 0.3) is 0 Å². The second-order valence-corrected chi connectivity index (χ2v) is 11.1. The normalized spacial score (nSPS) is 11.1. The molecule has 0 radical (unpaired) electrons. The van der Waals surface area contributed by atoms with E-state index in [1.165, 1.54) is 0 Å². The summed E-state index contributed by atoms with van der Waals surface area (Å²) in [4.78, 5) is 6.76. The number of nitrogens with zero attached hydrogens (tertiary/aromatic N) is 6. The standard InChI is InChI=1S/C39H20F2N6/c40-32-18-24(22-43)19-33(41)36(32)26-10-12-27(13-11-26)38-31-16-17-34-39(46-47(45-34)29-4-2-1-3-5-29)37(31)30-15-14-28(20-35(30)44-38)25-8-6-23(21-42)7-9-25/h1-20H. The highest BCUT2D eigenvalue weighted by atomic mass is 19.1. The molecule has 0 saturated carbocycles. The molecule has 8 heteroatoms. The lowest BCUT2D eigenvalue weighted by Crippen LogP contribution is -1.97. The van der Waals surface area contributed by atoms with E-state index >= 15 is 0 Å². The van der Waals surface area contributed by atoms with Crippen molar-refractivity contribution in [3.05, 3.63) is 144 Å². The van der Waals surface area contributed by atoms with Gasteiger partial charge >= 0.3 is 0 Å². The van der Waals surface area contributed by atoms with E-state index in [4.69, 9.17) is 20.4 Å². The highest BCUT2D eigenvalue weighted by Crippen LogP contribution is 2.38. The van der Waals surface area contributed by atoms with Crippen LogP contribution in [0.5, 0.6) is 0 Å². The van der Waals surface area contributed by atoms with Crippen molar-refractivity contribution in [2.75, 3.05) is 0 Å². The Morgan fingerprint density at radius 3 is 1.89 bits per heavy atom. The van der Waals surface area contributed by atoms with E-state index in [1.807, 2.05) is 72.8 Å². The van der Waals surface area contributed by atoms with Gasteiger partial charge in [0, 0.05) is 21.7 Å². The number of halogens is 2. The fourth-order valence-electron chi connectivity index (χ4n) is 5.99. The first-order chi connectivity index (χ1) is 23.0. The average molecular weight is 611 g/mol. The summed E-state index contributed by atoms with van der Waals surface area (Å²) in [6.07, 6.45) is 0. The number of hydrogen-bond acceptors (Lipinski definition) is 5. The molecular formula is C39H20F2N6. The molecule has 0 amide bonds. The van der Waals surface area contributed by atoms with E-state index in [-0.39, 0.29) is 11.1 Å². The number of nitriles is 2. The lowest BCUT2D eigenvalue weighted by molar-refractivity contribution is 0.589. The molecule has 0 aliphatic heterocycles. The lowest BCUT2D eigenvalue weighted by Gasteiger charge is -2.13. The van der Waals surface area contributed by atoms with Gasteiger partial charge in [-0.05, 0) is 71.3 Å². The molecule has 47 heavy (non-hydrogen) atoms. The van der Waals surface area contributed by atoms with Crippen LogP contribution < -0.4 is 0 Å². The molecule has 0 fully saturated rings. The molecule has 8 aromatic rings. The van der Waals surface area contributed by atoms with Crippen molar-refractivity contribution < 1.29 is 8.78 Å². The van der Waals surface area contributed by atoms with Gasteiger partial charge in [0.05, 0.1) is 45.7 Å². The van der Waals surface area contributed by atoms with Gasteiger partial charge < -0.3 is 0 Å². The molecule has 0 N–H and O–H groups in total. The summed E-state index contributed by atoms with van der Waals surface area (Å²) in [5.41, 5.74) is 6.93. The molecule has 0 saturated heterocycles. The van der Waals surface area contributed by atoms with Crippen molar-refractivity contribution in [3.8, 4) is 51.3 Å². The van der Waals surface area contributed by atoms with Crippen molar-refractivity contribution in [3.63, 3.8) is 0 Å². The SMILES string of the molecule is N#Cc1ccc(-c2ccc3c(c2)nc(-c2ccc(-c4c(F)cc(C#N)cc4F)cc2)c2ccc4nn(-c5ccccc5)nc4c23)cc1. The van der Waals surface area contributed by atoms with E-state index in [1.54, 1.807) is 47.3 Å². The molecule has 6 nitrogen and oxygen atoms in total. The Morgan fingerprint density at radius 2 is 1.19 bits per heavy atom. The largest absolute Gasteiger partial charge is 0.247 e. The van der Waals surface area contributed by atoms with Crippen molar-refractivity contribution in [2.45, 2.75) is 0 Å². The van der Waals surface area contributed by atoms with Crippen molar-refractivity contribution in [1.29, 1.82) is 10.5 Å². The molecule has 220 valence electrons. The summed E-state index contributed by atoms with van der Waals surface area (Å²) < 4.78 is 29.7. The predicted octanol–water partition coefficient (Wildman–Crippen LogP) is 9.14. The Labute approximate surface area is 267 Å². The van der Waals surface area contributed by atoms with E-state index in [0.29, 0.717) is 22.3 Å². The third-order valence-corrected chi connectivity index (χ3v) is 8.26. The molecule has 0 bridgehead atoms. The van der Waals surface area contributed by atoms with Gasteiger partial charge in [0.15, 0.2) is 0 Å². The van der Waals surface area contributed by atoms with Crippen LogP contribution >= 0.6 is 0 Å². The van der Waals surface area contributed by atoms with Crippen LogP contribution in [0, 0.1) is 34.3 Å². The summed E-state index contributed by atoms with van der Waals surface area (Å²) in [7, 11) is 0. The number of aromatic nitrogens is 4. The quantitative estimate of drug-likeness (QED) is 0.185. The first-order valence-electron chi connectivity index (χ1n) is 14.7. The molecule has 0 spiro atoms. The molecule has 0 aliphatic carbocycles.